The smallest absolute Gasteiger partial charge is 0.410 e. The van der Waals surface area contributed by atoms with Crippen LogP contribution >= 0.6 is 11.3 Å². The Bertz CT molecular complexity index is 946. The Balaban J connectivity index is 2.06. The molecule has 0 saturated heterocycles. The second-order valence-corrected chi connectivity index (χ2v) is 9.23. The molecular formula is C15H19N3O6S2. The quantitative estimate of drug-likeness (QED) is 0.610. The summed E-state index contributed by atoms with van der Waals surface area (Å²) in [5, 5.41) is 5.05. The van der Waals surface area contributed by atoms with Crippen molar-refractivity contribution in [1.29, 1.82) is 0 Å². The number of hydrogen-bond donors (Lipinski definition) is 1. The largest absolute Gasteiger partial charge is 0.444 e. The van der Waals surface area contributed by atoms with E-state index in [1.807, 2.05) is 0 Å². The van der Waals surface area contributed by atoms with Crippen molar-refractivity contribution < 1.29 is 27.5 Å². The normalized spacial score (nSPS) is 12.0. The lowest BCUT2D eigenvalue weighted by atomic mass is 10.2. The number of amides is 1. The van der Waals surface area contributed by atoms with Gasteiger partial charge in [0.2, 0.25) is 4.34 Å². The molecule has 0 atom stereocenters. The second-order valence-electron chi connectivity index (χ2n) is 6.46. The van der Waals surface area contributed by atoms with Crippen molar-refractivity contribution >= 4 is 43.6 Å². The van der Waals surface area contributed by atoms with Gasteiger partial charge in [-0.15, -0.1) is 11.3 Å². The van der Waals surface area contributed by atoms with Crippen LogP contribution in [0, 0.1) is 0 Å². The van der Waals surface area contributed by atoms with Crippen LogP contribution in [0.3, 0.4) is 0 Å². The molecule has 0 bridgehead atoms. The van der Waals surface area contributed by atoms with Crippen LogP contribution in [-0.2, 0) is 19.6 Å². The summed E-state index contributed by atoms with van der Waals surface area (Å²) in [4.78, 5) is 28.8. The molecule has 1 amide bonds. The van der Waals surface area contributed by atoms with Gasteiger partial charge in [-0.25, -0.2) is 28.1 Å². The number of sulfonamides is 1. The molecule has 2 N–H and O–H groups in total. The average molecular weight is 401 g/mol. The molecule has 1 aromatic carbocycles. The maximum atomic E-state index is 12.0. The fourth-order valence-electron chi connectivity index (χ4n) is 1.83. The van der Waals surface area contributed by atoms with Gasteiger partial charge in [0.15, 0.2) is 0 Å². The molecule has 1 aromatic heterocycles. The Morgan fingerprint density at radius 3 is 2.54 bits per heavy atom. The lowest BCUT2D eigenvalue weighted by molar-refractivity contribution is -0.135. The zero-order chi connectivity index (χ0) is 19.7. The van der Waals surface area contributed by atoms with Gasteiger partial charge in [-0.2, -0.15) is 0 Å². The zero-order valence-electron chi connectivity index (χ0n) is 14.7. The topological polar surface area (TPSA) is 129 Å². The number of carbonyl (C=O) groups is 2. The first-order valence-electron chi connectivity index (χ1n) is 7.43. The van der Waals surface area contributed by atoms with E-state index in [-0.39, 0.29) is 16.6 Å². The molecule has 0 unspecified atom stereocenters. The van der Waals surface area contributed by atoms with E-state index in [0.717, 1.165) is 16.2 Å². The third kappa shape index (κ3) is 5.38. The third-order valence-electron chi connectivity index (χ3n) is 2.89. The van der Waals surface area contributed by atoms with Crippen LogP contribution in [0.2, 0.25) is 0 Å². The molecule has 1 heterocycles. The molecule has 0 aliphatic heterocycles. The molecular weight excluding hydrogens is 382 g/mol. The number of esters is 1. The van der Waals surface area contributed by atoms with Gasteiger partial charge in [0.05, 0.1) is 10.2 Å². The number of hydrogen-bond acceptors (Lipinski definition) is 8. The van der Waals surface area contributed by atoms with Crippen LogP contribution in [0.1, 0.15) is 20.8 Å². The number of nitrogens with zero attached hydrogens (tertiary/aromatic N) is 2. The Morgan fingerprint density at radius 2 is 1.96 bits per heavy atom. The first-order valence-corrected chi connectivity index (χ1v) is 9.79. The highest BCUT2D eigenvalue weighted by atomic mass is 32.2. The molecule has 0 saturated carbocycles. The van der Waals surface area contributed by atoms with Crippen molar-refractivity contribution in [3.63, 3.8) is 0 Å². The van der Waals surface area contributed by atoms with Crippen LogP contribution in [0.25, 0.3) is 10.2 Å². The Labute approximate surface area is 154 Å². The monoisotopic (exact) mass is 401 g/mol. The molecule has 0 radical (unpaired) electrons. The number of carbonyl (C=O) groups excluding carboxylic acids is 2. The van der Waals surface area contributed by atoms with Crippen LogP contribution in [0.4, 0.5) is 4.79 Å². The van der Waals surface area contributed by atoms with Gasteiger partial charge in [-0.1, -0.05) is 0 Å². The summed E-state index contributed by atoms with van der Waals surface area (Å²) in [7, 11) is -2.48. The molecule has 0 aliphatic rings. The molecule has 9 nitrogen and oxygen atoms in total. The van der Waals surface area contributed by atoms with E-state index in [0.29, 0.717) is 10.2 Å². The fraction of sp³-hybridized carbons (Fsp3) is 0.400. The molecule has 0 aliphatic carbocycles. The van der Waals surface area contributed by atoms with Gasteiger partial charge in [0.1, 0.15) is 17.9 Å². The highest BCUT2D eigenvalue weighted by Crippen LogP contribution is 2.28. The van der Waals surface area contributed by atoms with Crippen LogP contribution in [0.15, 0.2) is 22.5 Å². The van der Waals surface area contributed by atoms with E-state index in [9.17, 15) is 18.0 Å². The third-order valence-corrected chi connectivity index (χ3v) is 5.22. The SMILES string of the molecule is CN(CC(=O)Oc1ccc2nc(S(N)(=O)=O)sc2c1)C(=O)OC(C)(C)C. The minimum Gasteiger partial charge on any atom is -0.444 e. The number of aromatic nitrogens is 1. The van der Waals surface area contributed by atoms with Crippen molar-refractivity contribution in [3.8, 4) is 5.75 Å². The molecule has 2 aromatic rings. The predicted molar refractivity (Wildman–Crippen MR) is 95.5 cm³/mol. The molecule has 2 rings (SSSR count). The van der Waals surface area contributed by atoms with Gasteiger partial charge in [-0.05, 0) is 32.9 Å². The molecule has 0 fully saturated rings. The van der Waals surface area contributed by atoms with Crippen molar-refractivity contribution in [2.24, 2.45) is 5.14 Å². The summed E-state index contributed by atoms with van der Waals surface area (Å²) in [6.07, 6.45) is -0.648. The van der Waals surface area contributed by atoms with Gasteiger partial charge in [-0.3, -0.25) is 0 Å². The lowest BCUT2D eigenvalue weighted by Gasteiger charge is -2.24. The van der Waals surface area contributed by atoms with E-state index >= 15 is 0 Å². The average Bonchev–Trinajstić information content (AvgIpc) is 2.88. The van der Waals surface area contributed by atoms with Crippen LogP contribution < -0.4 is 9.88 Å². The molecule has 0 spiro atoms. The van der Waals surface area contributed by atoms with Gasteiger partial charge in [0, 0.05) is 13.1 Å². The maximum Gasteiger partial charge on any atom is 0.410 e. The Kier molecular flexibility index (Phi) is 5.54. The Hall–Kier alpha value is -2.24. The van der Waals surface area contributed by atoms with E-state index in [1.54, 1.807) is 20.8 Å². The van der Waals surface area contributed by atoms with Crippen molar-refractivity contribution in [2.45, 2.75) is 30.7 Å². The van der Waals surface area contributed by atoms with Gasteiger partial charge < -0.3 is 14.4 Å². The van der Waals surface area contributed by atoms with E-state index in [4.69, 9.17) is 14.6 Å². The second kappa shape index (κ2) is 7.17. The van der Waals surface area contributed by atoms with Gasteiger partial charge in [0.25, 0.3) is 10.0 Å². The molecule has 26 heavy (non-hydrogen) atoms. The summed E-state index contributed by atoms with van der Waals surface area (Å²) in [6, 6.07) is 4.47. The van der Waals surface area contributed by atoms with Gasteiger partial charge >= 0.3 is 12.1 Å². The number of rotatable bonds is 4. The minimum atomic E-state index is -3.90. The number of nitrogens with two attached hydrogens (primary N) is 1. The number of thiazole rings is 1. The first-order chi connectivity index (χ1) is 11.8. The molecule has 142 valence electrons. The van der Waals surface area contributed by atoms with E-state index < -0.39 is 27.7 Å². The van der Waals surface area contributed by atoms with E-state index in [1.165, 1.54) is 25.2 Å². The van der Waals surface area contributed by atoms with Crippen molar-refractivity contribution in [1.82, 2.24) is 9.88 Å². The standard InChI is InChI=1S/C15H19N3O6S2/c1-15(2,3)24-14(20)18(4)8-12(19)23-9-5-6-10-11(7-9)25-13(17-10)26(16,21)22/h5-7H,8H2,1-4H3,(H2,16,21,22). The molecule has 11 heteroatoms. The summed E-state index contributed by atoms with van der Waals surface area (Å²) < 4.78 is 33.3. The minimum absolute atomic E-state index is 0.199. The summed E-state index contributed by atoms with van der Waals surface area (Å²) in [5.74, 6) is -0.474. The zero-order valence-corrected chi connectivity index (χ0v) is 16.3. The summed E-state index contributed by atoms with van der Waals surface area (Å²) >= 11 is 0.871. The number of likely N-dealkylation sites (N-methyl/N-ethyl adjacent to an activating group) is 1. The van der Waals surface area contributed by atoms with Crippen LogP contribution in [0.5, 0.6) is 5.75 Å². The summed E-state index contributed by atoms with van der Waals surface area (Å²) in [5.41, 5.74) is -0.252. The van der Waals surface area contributed by atoms with Crippen molar-refractivity contribution in [2.75, 3.05) is 13.6 Å². The summed E-state index contributed by atoms with van der Waals surface area (Å²) in [6.45, 7) is 4.85. The lowest BCUT2D eigenvalue weighted by Crippen LogP contribution is -2.38. The van der Waals surface area contributed by atoms with E-state index in [2.05, 4.69) is 4.98 Å². The van der Waals surface area contributed by atoms with Crippen molar-refractivity contribution in [3.05, 3.63) is 18.2 Å². The first kappa shape index (κ1) is 20.1. The number of ether oxygens (including phenoxy) is 2. The number of fused-ring (bicyclic) bond motifs is 1. The highest BCUT2D eigenvalue weighted by molar-refractivity contribution is 7.91. The predicted octanol–water partition coefficient (Wildman–Crippen LogP) is 1.72. The number of primary sulfonamides is 1. The highest BCUT2D eigenvalue weighted by Gasteiger charge is 2.22. The Morgan fingerprint density at radius 1 is 1.31 bits per heavy atom. The maximum absolute atomic E-state index is 12.0. The van der Waals surface area contributed by atoms with Crippen LogP contribution in [-0.4, -0.2) is 49.6 Å². The fourth-order valence-corrected chi connectivity index (χ4v) is 3.52. The number of benzene rings is 1.